The van der Waals surface area contributed by atoms with E-state index in [-0.39, 0.29) is 0 Å². The number of nitrogens with zero attached hydrogens (tertiary/aromatic N) is 1. The second-order valence-electron chi connectivity index (χ2n) is 2.56. The first-order chi connectivity index (χ1) is 5.43. The Balaban J connectivity index is 2.23. The van der Waals surface area contributed by atoms with Gasteiger partial charge in [-0.25, -0.2) is 0 Å². The second kappa shape index (κ2) is 4.97. The molecule has 1 aliphatic rings. The van der Waals surface area contributed by atoms with E-state index in [0.29, 0.717) is 0 Å². The maximum Gasteiger partial charge on any atom is 0.0298 e. The molecule has 0 bridgehead atoms. The highest BCUT2D eigenvalue weighted by atomic mass is 15.2. The van der Waals surface area contributed by atoms with Crippen LogP contribution in [0.4, 0.5) is 0 Å². The predicted octanol–water partition coefficient (Wildman–Crippen LogP) is 0.796. The van der Waals surface area contributed by atoms with Gasteiger partial charge in [0.15, 0.2) is 0 Å². The lowest BCUT2D eigenvalue weighted by Gasteiger charge is -2.25. The van der Waals surface area contributed by atoms with Crippen LogP contribution >= 0.6 is 0 Å². The Labute approximate surface area is 68.6 Å². The van der Waals surface area contributed by atoms with Crippen molar-refractivity contribution >= 4 is 0 Å². The summed E-state index contributed by atoms with van der Waals surface area (Å²) in [4.78, 5) is 2.30. The largest absolute Gasteiger partial charge is 0.375 e. The van der Waals surface area contributed by atoms with Crippen molar-refractivity contribution in [3.05, 3.63) is 31.4 Å². The summed E-state index contributed by atoms with van der Waals surface area (Å²) in [6.45, 7) is 8.02. The summed E-state index contributed by atoms with van der Waals surface area (Å²) in [5.74, 6) is 0. The molecule has 1 radical (unpaired) electrons. The zero-order valence-corrected chi connectivity index (χ0v) is 6.79. The Bertz CT molecular complexity index is 144. The normalized spacial score (nSPS) is 20.3. The topological polar surface area (TPSA) is 15.3 Å². The summed E-state index contributed by atoms with van der Waals surface area (Å²) >= 11 is 0. The summed E-state index contributed by atoms with van der Waals surface area (Å²) in [6.07, 6.45) is 7.88. The van der Waals surface area contributed by atoms with Gasteiger partial charge in [0.1, 0.15) is 0 Å². The van der Waals surface area contributed by atoms with Crippen molar-refractivity contribution in [2.75, 3.05) is 26.2 Å². The number of nitrogens with one attached hydrogen (secondary N) is 1. The van der Waals surface area contributed by atoms with E-state index in [4.69, 9.17) is 0 Å². The highest BCUT2D eigenvalue weighted by molar-refractivity contribution is 5.03. The fourth-order valence-electron chi connectivity index (χ4n) is 1.08. The molecule has 11 heavy (non-hydrogen) atoms. The van der Waals surface area contributed by atoms with Gasteiger partial charge in [-0.15, -0.1) is 0 Å². The van der Waals surface area contributed by atoms with Gasteiger partial charge < -0.3 is 10.2 Å². The molecule has 0 aliphatic carbocycles. The molecule has 1 saturated heterocycles. The molecular weight excluding hydrogens is 136 g/mol. The van der Waals surface area contributed by atoms with E-state index in [0.717, 1.165) is 26.2 Å². The van der Waals surface area contributed by atoms with Crippen LogP contribution in [0.25, 0.3) is 0 Å². The van der Waals surface area contributed by atoms with Crippen LogP contribution in [0.3, 0.4) is 0 Å². The number of hydrogen-bond donors (Lipinski definition) is 1. The van der Waals surface area contributed by atoms with E-state index in [1.54, 1.807) is 6.08 Å². The molecule has 1 heterocycles. The van der Waals surface area contributed by atoms with Crippen LogP contribution in [0.5, 0.6) is 0 Å². The summed E-state index contributed by atoms with van der Waals surface area (Å²) in [7, 11) is 0. The molecule has 61 valence electrons. The lowest BCUT2D eigenvalue weighted by molar-refractivity contribution is 0.324. The van der Waals surface area contributed by atoms with Crippen LogP contribution in [0, 0.1) is 6.92 Å². The maximum absolute atomic E-state index is 3.61. The van der Waals surface area contributed by atoms with Gasteiger partial charge in [0.05, 0.1) is 0 Å². The number of rotatable bonds is 2. The van der Waals surface area contributed by atoms with E-state index in [9.17, 15) is 0 Å². The van der Waals surface area contributed by atoms with Crippen LogP contribution in [0.2, 0.25) is 0 Å². The Morgan fingerprint density at radius 1 is 1.18 bits per heavy atom. The van der Waals surface area contributed by atoms with Gasteiger partial charge in [-0.3, -0.25) is 0 Å². The molecule has 1 N–H and O–H groups in total. The van der Waals surface area contributed by atoms with Gasteiger partial charge in [-0.1, -0.05) is 12.2 Å². The van der Waals surface area contributed by atoms with Crippen LogP contribution in [0.1, 0.15) is 0 Å². The molecule has 1 rings (SSSR count). The zero-order valence-electron chi connectivity index (χ0n) is 6.79. The van der Waals surface area contributed by atoms with E-state index >= 15 is 0 Å². The molecule has 0 spiro atoms. The second-order valence-corrected chi connectivity index (χ2v) is 2.56. The Kier molecular flexibility index (Phi) is 3.76. The third-order valence-corrected chi connectivity index (χ3v) is 1.70. The van der Waals surface area contributed by atoms with Crippen molar-refractivity contribution in [3.8, 4) is 0 Å². The van der Waals surface area contributed by atoms with Gasteiger partial charge >= 0.3 is 0 Å². The molecule has 1 fully saturated rings. The van der Waals surface area contributed by atoms with Gasteiger partial charge in [-0.2, -0.15) is 0 Å². The van der Waals surface area contributed by atoms with Gasteiger partial charge in [0, 0.05) is 26.2 Å². The molecule has 0 atom stereocenters. The number of piperazine rings is 1. The first-order valence-electron chi connectivity index (χ1n) is 4.01. The molecule has 0 saturated carbocycles. The molecule has 0 unspecified atom stereocenters. The predicted molar refractivity (Wildman–Crippen MR) is 48.1 cm³/mol. The Morgan fingerprint density at radius 3 is 2.55 bits per heavy atom. The summed E-state index contributed by atoms with van der Waals surface area (Å²) in [6, 6.07) is 0. The first-order valence-corrected chi connectivity index (χ1v) is 4.01. The first kappa shape index (κ1) is 8.34. The Morgan fingerprint density at radius 2 is 1.91 bits per heavy atom. The third kappa shape index (κ3) is 3.23. The highest BCUT2D eigenvalue weighted by Crippen LogP contribution is 1.92. The standard InChI is InChI=1S/C9H15N2/c1-2-3-4-7-11-8-5-10-6-9-11/h2-4,7,10H,1,5-6,8-9H2. The minimum Gasteiger partial charge on any atom is -0.375 e. The van der Waals surface area contributed by atoms with Crippen molar-refractivity contribution in [1.29, 1.82) is 0 Å². The Hall–Kier alpha value is -0.760. The van der Waals surface area contributed by atoms with Crippen molar-refractivity contribution in [3.63, 3.8) is 0 Å². The molecule has 0 aromatic rings. The van der Waals surface area contributed by atoms with Crippen molar-refractivity contribution < 1.29 is 0 Å². The van der Waals surface area contributed by atoms with E-state index in [1.165, 1.54) is 0 Å². The molecular formula is C9H15N2. The lowest BCUT2D eigenvalue weighted by atomic mass is 10.4. The maximum atomic E-state index is 3.61. The van der Waals surface area contributed by atoms with E-state index in [1.807, 2.05) is 12.2 Å². The van der Waals surface area contributed by atoms with Crippen LogP contribution in [0.15, 0.2) is 24.4 Å². The lowest BCUT2D eigenvalue weighted by Crippen LogP contribution is -2.40. The zero-order chi connectivity index (χ0) is 7.94. The van der Waals surface area contributed by atoms with Crippen molar-refractivity contribution in [2.24, 2.45) is 0 Å². The fraction of sp³-hybridized carbons (Fsp3) is 0.444. The fourth-order valence-corrected chi connectivity index (χ4v) is 1.08. The summed E-state index contributed by atoms with van der Waals surface area (Å²) in [5, 5.41) is 3.30. The van der Waals surface area contributed by atoms with Crippen LogP contribution < -0.4 is 5.32 Å². The van der Waals surface area contributed by atoms with E-state index in [2.05, 4.69) is 23.3 Å². The minimum absolute atomic E-state index is 1.10. The highest BCUT2D eigenvalue weighted by Gasteiger charge is 2.02. The summed E-state index contributed by atoms with van der Waals surface area (Å²) in [5.41, 5.74) is 0. The average Bonchev–Trinajstić information content (AvgIpc) is 2.07. The summed E-state index contributed by atoms with van der Waals surface area (Å²) < 4.78 is 0. The van der Waals surface area contributed by atoms with Crippen molar-refractivity contribution in [2.45, 2.75) is 0 Å². The molecule has 0 aromatic carbocycles. The number of hydrogen-bond acceptors (Lipinski definition) is 2. The van der Waals surface area contributed by atoms with Crippen LogP contribution in [-0.2, 0) is 0 Å². The van der Waals surface area contributed by atoms with Crippen molar-refractivity contribution in [1.82, 2.24) is 10.2 Å². The van der Waals surface area contributed by atoms with Gasteiger partial charge in [0.25, 0.3) is 0 Å². The third-order valence-electron chi connectivity index (χ3n) is 1.70. The molecule has 2 heteroatoms. The smallest absolute Gasteiger partial charge is 0.0298 e. The molecule has 0 aromatic heterocycles. The number of allylic oxidation sites excluding steroid dienone is 3. The van der Waals surface area contributed by atoms with Gasteiger partial charge in [0.2, 0.25) is 0 Å². The minimum atomic E-state index is 1.10. The van der Waals surface area contributed by atoms with Crippen LogP contribution in [-0.4, -0.2) is 31.1 Å². The molecule has 0 amide bonds. The van der Waals surface area contributed by atoms with Gasteiger partial charge in [-0.05, 0) is 19.2 Å². The molecule has 2 nitrogen and oxygen atoms in total. The molecule has 1 aliphatic heterocycles. The van der Waals surface area contributed by atoms with E-state index < -0.39 is 0 Å². The SMILES string of the molecule is [CH2]C=CC=CN1CCNCC1. The monoisotopic (exact) mass is 151 g/mol. The quantitative estimate of drug-likeness (QED) is 0.587. The average molecular weight is 151 g/mol.